The molecular formula is C51H41N5PtSi. The second-order valence-corrected chi connectivity index (χ2v) is 19.5. The van der Waals surface area contributed by atoms with Gasteiger partial charge in [-0.1, -0.05) is 123 Å². The smallest absolute Gasteiger partial charge is 0.319 e. The number of hydrogen-bond donors (Lipinski definition) is 0. The van der Waals surface area contributed by atoms with Gasteiger partial charge in [0.15, 0.2) is 0 Å². The van der Waals surface area contributed by atoms with Crippen molar-refractivity contribution in [2.75, 3.05) is 0 Å². The summed E-state index contributed by atoms with van der Waals surface area (Å²) in [6.45, 7) is 19.3. The molecule has 0 bridgehead atoms. The Labute approximate surface area is 355 Å². The third-order valence-electron chi connectivity index (χ3n) is 11.2. The fourth-order valence-corrected chi connectivity index (χ4v) is 13.0. The van der Waals surface area contributed by atoms with E-state index in [0.29, 0.717) is 5.69 Å². The summed E-state index contributed by atoms with van der Waals surface area (Å²) in [5.41, 5.74) is 8.74. The van der Waals surface area contributed by atoms with Gasteiger partial charge in [-0.15, -0.1) is 34.3 Å². The first-order chi connectivity index (χ1) is 27.7. The van der Waals surface area contributed by atoms with Crippen molar-refractivity contribution in [2.24, 2.45) is 0 Å². The molecule has 0 N–H and O–H groups in total. The van der Waals surface area contributed by atoms with Gasteiger partial charge in [0.2, 0.25) is 0 Å². The van der Waals surface area contributed by atoms with Crippen LogP contribution in [-0.4, -0.2) is 27.2 Å². The van der Waals surface area contributed by atoms with Crippen LogP contribution >= 0.6 is 0 Å². The fourth-order valence-electron chi connectivity index (χ4n) is 8.42. The van der Waals surface area contributed by atoms with Crippen molar-refractivity contribution in [3.8, 4) is 22.8 Å². The molecule has 9 rings (SSSR count). The third kappa shape index (κ3) is 6.55. The quantitative estimate of drug-likeness (QED) is 0.0909. The summed E-state index contributed by atoms with van der Waals surface area (Å²) in [7, 11) is -3.24. The zero-order valence-corrected chi connectivity index (χ0v) is 36.3. The van der Waals surface area contributed by atoms with Crippen molar-refractivity contribution < 1.29 is 21.1 Å². The van der Waals surface area contributed by atoms with Crippen LogP contribution in [0, 0.1) is 32.6 Å². The molecule has 0 radical (unpaired) electrons. The van der Waals surface area contributed by atoms with Gasteiger partial charge in [0.25, 0.3) is 0 Å². The summed E-state index contributed by atoms with van der Waals surface area (Å²) < 4.78 is 4.35. The molecule has 0 saturated heterocycles. The Morgan fingerprint density at radius 2 is 1.34 bits per heavy atom. The minimum Gasteiger partial charge on any atom is -0.319 e. The largest absolute Gasteiger partial charge is 2.00 e. The van der Waals surface area contributed by atoms with Crippen molar-refractivity contribution in [2.45, 2.75) is 40.0 Å². The molecule has 0 fully saturated rings. The van der Waals surface area contributed by atoms with E-state index in [9.17, 15) is 0 Å². The summed E-state index contributed by atoms with van der Waals surface area (Å²) in [4.78, 5) is 14.0. The van der Waals surface area contributed by atoms with E-state index >= 15 is 0 Å². The van der Waals surface area contributed by atoms with Crippen LogP contribution in [0.25, 0.3) is 49.4 Å². The minimum atomic E-state index is -3.24. The number of nitrogens with zero attached hydrogens (tertiary/aromatic N) is 5. The Kier molecular flexibility index (Phi) is 10.2. The zero-order chi connectivity index (χ0) is 39.3. The molecule has 0 aliphatic carbocycles. The number of imidazole rings is 1. The molecule has 0 saturated carbocycles. The average molecular weight is 947 g/mol. The first-order valence-electron chi connectivity index (χ1n) is 19.3. The molecular weight excluding hydrogens is 906 g/mol. The van der Waals surface area contributed by atoms with Crippen LogP contribution in [0.15, 0.2) is 158 Å². The molecule has 3 heterocycles. The van der Waals surface area contributed by atoms with Crippen molar-refractivity contribution in [1.29, 1.82) is 0 Å². The second kappa shape index (κ2) is 15.3. The Morgan fingerprint density at radius 3 is 2.02 bits per heavy atom. The summed E-state index contributed by atoms with van der Waals surface area (Å²) in [6, 6.07) is 57.2. The summed E-state index contributed by atoms with van der Waals surface area (Å²) in [6.07, 6.45) is 5.84. The number of para-hydroxylation sites is 2. The predicted molar refractivity (Wildman–Crippen MR) is 237 cm³/mol. The van der Waals surface area contributed by atoms with Crippen LogP contribution in [0.5, 0.6) is 0 Å². The van der Waals surface area contributed by atoms with Gasteiger partial charge in [0.1, 0.15) is 19.6 Å². The zero-order valence-electron chi connectivity index (χ0n) is 33.1. The molecule has 6 aromatic carbocycles. The second-order valence-electron chi connectivity index (χ2n) is 15.8. The number of aryl methyl sites for hydroxylation is 2. The van der Waals surface area contributed by atoms with E-state index in [1.165, 1.54) is 27.1 Å². The van der Waals surface area contributed by atoms with E-state index in [1.54, 1.807) is 0 Å². The van der Waals surface area contributed by atoms with Gasteiger partial charge in [-0.2, -0.15) is 23.4 Å². The molecule has 5 nitrogen and oxygen atoms in total. The van der Waals surface area contributed by atoms with Crippen molar-refractivity contribution in [3.63, 3.8) is 0 Å². The van der Waals surface area contributed by atoms with E-state index in [0.717, 1.165) is 54.9 Å². The van der Waals surface area contributed by atoms with Crippen molar-refractivity contribution in [3.05, 3.63) is 198 Å². The number of hydrogen-bond acceptors (Lipinski definition) is 2. The van der Waals surface area contributed by atoms with Gasteiger partial charge in [0, 0.05) is 17.4 Å². The number of rotatable bonds is 7. The number of benzene rings is 6. The van der Waals surface area contributed by atoms with Gasteiger partial charge in [0.05, 0.1) is 18.6 Å². The molecule has 0 atom stereocenters. The normalized spacial score (nSPS) is 11.7. The van der Waals surface area contributed by atoms with Crippen LogP contribution in [0.3, 0.4) is 0 Å². The van der Waals surface area contributed by atoms with E-state index in [2.05, 4.69) is 194 Å². The van der Waals surface area contributed by atoms with E-state index in [-0.39, 0.29) is 26.5 Å². The molecule has 3 aromatic heterocycles. The Bertz CT molecular complexity index is 2930. The first-order valence-corrected chi connectivity index (χ1v) is 21.3. The van der Waals surface area contributed by atoms with Gasteiger partial charge in [-0.25, -0.2) is 4.98 Å². The van der Waals surface area contributed by atoms with Crippen LogP contribution in [0.1, 0.15) is 37.5 Å². The Morgan fingerprint density at radius 1 is 0.672 bits per heavy atom. The molecule has 7 heteroatoms. The maximum absolute atomic E-state index is 8.35. The molecule has 0 spiro atoms. The number of pyridine rings is 1. The molecule has 0 amide bonds. The van der Waals surface area contributed by atoms with Crippen LogP contribution in [0.4, 0.5) is 5.69 Å². The summed E-state index contributed by atoms with van der Waals surface area (Å²) in [5, 5.41) is 6.64. The number of aromatic nitrogens is 4. The van der Waals surface area contributed by atoms with Crippen molar-refractivity contribution >= 4 is 56.3 Å². The maximum Gasteiger partial charge on any atom is 2.00 e. The summed E-state index contributed by atoms with van der Waals surface area (Å²) in [5.74, 6) is 0.858. The van der Waals surface area contributed by atoms with E-state index in [4.69, 9.17) is 16.5 Å². The van der Waals surface area contributed by atoms with Gasteiger partial charge in [-0.3, -0.25) is 9.83 Å². The van der Waals surface area contributed by atoms with Crippen LogP contribution < -0.4 is 20.7 Å². The minimum absolute atomic E-state index is 0. The third-order valence-corrected chi connectivity index (χ3v) is 15.8. The molecule has 0 aliphatic heterocycles. The maximum atomic E-state index is 8.35. The average Bonchev–Trinajstić information content (AvgIpc) is 3.85. The van der Waals surface area contributed by atoms with Gasteiger partial charge < -0.3 is 9.13 Å². The van der Waals surface area contributed by atoms with Gasteiger partial charge in [-0.05, 0) is 76.1 Å². The Hall–Kier alpha value is -6.12. The molecule has 58 heavy (non-hydrogen) atoms. The van der Waals surface area contributed by atoms with Crippen molar-refractivity contribution in [1.82, 2.24) is 19.1 Å². The first kappa shape index (κ1) is 38.7. The van der Waals surface area contributed by atoms with E-state index < -0.39 is 8.07 Å². The van der Waals surface area contributed by atoms with E-state index in [1.807, 2.05) is 24.7 Å². The predicted octanol–water partition coefficient (Wildman–Crippen LogP) is 9.47. The summed E-state index contributed by atoms with van der Waals surface area (Å²) >= 11 is 0. The van der Waals surface area contributed by atoms with Crippen LogP contribution in [0.2, 0.25) is 0 Å². The fraction of sp³-hybridized carbons (Fsp3) is 0.118. The molecule has 0 unspecified atom stereocenters. The van der Waals surface area contributed by atoms with Gasteiger partial charge >= 0.3 is 21.1 Å². The molecule has 0 aliphatic rings. The molecule has 9 aromatic rings. The number of fused-ring (bicyclic) bond motifs is 3. The Balaban J connectivity index is 0.00000469. The SMILES string of the molecule is [C-]#[N+]c1cc(-c2cn(-c3c(C)cccc3C)cn2)[c-]c([Si](c2[c-]c3c(cc2)c2ccccc2n3-c2cc(C(C)(C)C)ccn2)(c2ccccc2)c2ccccc2)c1.[Pt+2]. The van der Waals surface area contributed by atoms with Crippen LogP contribution in [-0.2, 0) is 26.5 Å². The topological polar surface area (TPSA) is 40.0 Å². The monoisotopic (exact) mass is 946 g/mol. The standard InChI is InChI=1S/C51H41N5Si.Pt/c1-35-16-15-17-36(2)50(35)55-33-46(54-34-55)37-28-39(52-6)31-43(29-37)57(40-18-9-7-10-19-40,41-20-11-8-12-21-41)42-24-25-45-44-22-13-14-23-47(44)56(48(45)32-42)49-30-38(26-27-53-49)51(3,4)5;/h7-28,30-31,33-34H,1-5H3;/q-2;+2. The molecule has 284 valence electrons.